The number of rotatable bonds is 5. The van der Waals surface area contributed by atoms with Gasteiger partial charge >= 0.3 is 0 Å². The molecule has 2 aromatic heterocycles. The van der Waals surface area contributed by atoms with Crippen LogP contribution < -0.4 is 5.32 Å². The SMILES string of the molecule is Cc1c(Cl)ccc2ccc(NC(CCO)c3ccco3)nc12. The van der Waals surface area contributed by atoms with E-state index < -0.39 is 0 Å². The van der Waals surface area contributed by atoms with E-state index in [2.05, 4.69) is 10.3 Å². The standard InChI is InChI=1S/C17H17ClN2O2/c1-11-13(18)6-4-12-5-7-16(20-17(11)12)19-14(8-9-21)15-3-2-10-22-15/h2-7,10,14,21H,8-9H2,1H3,(H,19,20). The van der Waals surface area contributed by atoms with Gasteiger partial charge in [0, 0.05) is 17.0 Å². The summed E-state index contributed by atoms with van der Waals surface area (Å²) in [6, 6.07) is 11.4. The molecule has 2 N–H and O–H groups in total. The van der Waals surface area contributed by atoms with Gasteiger partial charge in [0.2, 0.25) is 0 Å². The van der Waals surface area contributed by atoms with Crippen LogP contribution in [0.25, 0.3) is 10.9 Å². The van der Waals surface area contributed by atoms with Gasteiger partial charge in [-0.3, -0.25) is 0 Å². The third-order valence-corrected chi connectivity index (χ3v) is 4.09. The molecule has 114 valence electrons. The first kappa shape index (κ1) is 14.9. The number of benzene rings is 1. The largest absolute Gasteiger partial charge is 0.467 e. The molecule has 2 heterocycles. The first-order valence-corrected chi connectivity index (χ1v) is 7.53. The Balaban J connectivity index is 1.94. The van der Waals surface area contributed by atoms with E-state index in [1.54, 1.807) is 6.26 Å². The van der Waals surface area contributed by atoms with Crippen molar-refractivity contribution in [2.75, 3.05) is 11.9 Å². The Bertz CT molecular complexity index is 772. The van der Waals surface area contributed by atoms with Gasteiger partial charge in [-0.1, -0.05) is 17.7 Å². The smallest absolute Gasteiger partial charge is 0.127 e. The van der Waals surface area contributed by atoms with Crippen molar-refractivity contribution in [2.45, 2.75) is 19.4 Å². The van der Waals surface area contributed by atoms with Crippen molar-refractivity contribution in [3.8, 4) is 0 Å². The van der Waals surface area contributed by atoms with E-state index >= 15 is 0 Å². The average Bonchev–Trinajstić information content (AvgIpc) is 3.05. The minimum atomic E-state index is -0.121. The van der Waals surface area contributed by atoms with Crippen molar-refractivity contribution in [1.29, 1.82) is 0 Å². The number of anilines is 1. The fourth-order valence-corrected chi connectivity index (χ4v) is 2.62. The lowest BCUT2D eigenvalue weighted by Gasteiger charge is -2.17. The van der Waals surface area contributed by atoms with Gasteiger partial charge in [0.1, 0.15) is 11.6 Å². The number of furan rings is 1. The van der Waals surface area contributed by atoms with Gasteiger partial charge in [-0.15, -0.1) is 0 Å². The minimum absolute atomic E-state index is 0.0663. The van der Waals surface area contributed by atoms with Crippen LogP contribution in [0.1, 0.15) is 23.8 Å². The number of fused-ring (bicyclic) bond motifs is 1. The summed E-state index contributed by atoms with van der Waals surface area (Å²) in [7, 11) is 0. The summed E-state index contributed by atoms with van der Waals surface area (Å²) in [5.74, 6) is 1.51. The molecular formula is C17H17ClN2O2. The molecule has 3 rings (SSSR count). The van der Waals surface area contributed by atoms with E-state index in [1.807, 2.05) is 43.3 Å². The van der Waals surface area contributed by atoms with Gasteiger partial charge in [-0.25, -0.2) is 4.98 Å². The summed E-state index contributed by atoms with van der Waals surface area (Å²) in [4.78, 5) is 4.65. The first-order valence-electron chi connectivity index (χ1n) is 7.15. The van der Waals surface area contributed by atoms with E-state index in [0.717, 1.165) is 28.0 Å². The van der Waals surface area contributed by atoms with Crippen LogP contribution in [0.3, 0.4) is 0 Å². The quantitative estimate of drug-likeness (QED) is 0.735. The fraction of sp³-hybridized carbons (Fsp3) is 0.235. The predicted octanol–water partition coefficient (Wildman–Crippen LogP) is 4.33. The van der Waals surface area contributed by atoms with E-state index in [-0.39, 0.29) is 12.6 Å². The number of aliphatic hydroxyl groups is 1. The maximum atomic E-state index is 9.25. The van der Waals surface area contributed by atoms with Crippen LogP contribution in [-0.2, 0) is 0 Å². The third-order valence-electron chi connectivity index (χ3n) is 3.68. The van der Waals surface area contributed by atoms with Crippen molar-refractivity contribution in [2.24, 2.45) is 0 Å². The molecule has 1 atom stereocenters. The molecule has 1 aromatic carbocycles. The topological polar surface area (TPSA) is 58.3 Å². The van der Waals surface area contributed by atoms with Crippen LogP contribution in [0.5, 0.6) is 0 Å². The van der Waals surface area contributed by atoms with Gasteiger partial charge in [0.05, 0.1) is 17.8 Å². The Morgan fingerprint density at radius 2 is 2.09 bits per heavy atom. The number of aryl methyl sites for hydroxylation is 1. The van der Waals surface area contributed by atoms with Gasteiger partial charge in [0.25, 0.3) is 0 Å². The van der Waals surface area contributed by atoms with Crippen molar-refractivity contribution < 1.29 is 9.52 Å². The fourth-order valence-electron chi connectivity index (χ4n) is 2.47. The highest BCUT2D eigenvalue weighted by atomic mass is 35.5. The molecule has 3 aromatic rings. The number of pyridine rings is 1. The normalized spacial score (nSPS) is 12.5. The lowest BCUT2D eigenvalue weighted by atomic mass is 10.1. The molecule has 5 heteroatoms. The van der Waals surface area contributed by atoms with Gasteiger partial charge in [-0.2, -0.15) is 0 Å². The van der Waals surface area contributed by atoms with Crippen LogP contribution >= 0.6 is 11.6 Å². The Hall–Kier alpha value is -2.04. The molecule has 0 aliphatic carbocycles. The zero-order valence-corrected chi connectivity index (χ0v) is 13.0. The van der Waals surface area contributed by atoms with E-state index in [9.17, 15) is 5.11 Å². The molecule has 0 spiro atoms. The highest BCUT2D eigenvalue weighted by molar-refractivity contribution is 6.32. The van der Waals surface area contributed by atoms with E-state index in [0.29, 0.717) is 11.4 Å². The Morgan fingerprint density at radius 3 is 2.82 bits per heavy atom. The second kappa shape index (κ2) is 6.38. The maximum Gasteiger partial charge on any atom is 0.127 e. The second-order valence-electron chi connectivity index (χ2n) is 5.17. The number of nitrogens with one attached hydrogen (secondary N) is 1. The van der Waals surface area contributed by atoms with Gasteiger partial charge in [0.15, 0.2) is 0 Å². The Labute approximate surface area is 133 Å². The summed E-state index contributed by atoms with van der Waals surface area (Å²) in [5.41, 5.74) is 1.83. The molecule has 1 unspecified atom stereocenters. The highest BCUT2D eigenvalue weighted by Gasteiger charge is 2.15. The molecule has 0 saturated carbocycles. The highest BCUT2D eigenvalue weighted by Crippen LogP contribution is 2.27. The van der Waals surface area contributed by atoms with Crippen LogP contribution in [0.15, 0.2) is 47.1 Å². The number of aromatic nitrogens is 1. The summed E-state index contributed by atoms with van der Waals surface area (Å²) in [6.07, 6.45) is 2.17. The zero-order valence-electron chi connectivity index (χ0n) is 12.2. The lowest BCUT2D eigenvalue weighted by molar-refractivity contribution is 0.273. The van der Waals surface area contributed by atoms with Gasteiger partial charge < -0.3 is 14.8 Å². The lowest BCUT2D eigenvalue weighted by Crippen LogP contribution is -2.12. The van der Waals surface area contributed by atoms with Crippen LogP contribution in [0.4, 0.5) is 5.82 Å². The third kappa shape index (κ3) is 2.93. The molecule has 0 radical (unpaired) electrons. The summed E-state index contributed by atoms with van der Waals surface area (Å²) in [5, 5.41) is 14.3. The molecule has 0 saturated heterocycles. The van der Waals surface area contributed by atoms with Crippen LogP contribution in [0, 0.1) is 6.92 Å². The zero-order chi connectivity index (χ0) is 15.5. The molecule has 4 nitrogen and oxygen atoms in total. The molecule has 0 aliphatic rings. The summed E-state index contributed by atoms with van der Waals surface area (Å²) in [6.45, 7) is 2.02. The molecule has 0 amide bonds. The van der Waals surface area contributed by atoms with Crippen molar-refractivity contribution in [3.05, 3.63) is 59.0 Å². The van der Waals surface area contributed by atoms with Crippen molar-refractivity contribution in [3.63, 3.8) is 0 Å². The number of halogens is 1. The molecular weight excluding hydrogens is 300 g/mol. The van der Waals surface area contributed by atoms with E-state index in [1.165, 1.54) is 0 Å². The number of hydrogen-bond donors (Lipinski definition) is 2. The average molecular weight is 317 g/mol. The Morgan fingerprint density at radius 1 is 1.27 bits per heavy atom. The molecule has 22 heavy (non-hydrogen) atoms. The monoisotopic (exact) mass is 316 g/mol. The second-order valence-corrected chi connectivity index (χ2v) is 5.57. The first-order chi connectivity index (χ1) is 10.7. The summed E-state index contributed by atoms with van der Waals surface area (Å²) < 4.78 is 5.43. The summed E-state index contributed by atoms with van der Waals surface area (Å²) >= 11 is 6.17. The van der Waals surface area contributed by atoms with E-state index in [4.69, 9.17) is 16.0 Å². The number of nitrogens with zero attached hydrogens (tertiary/aromatic N) is 1. The van der Waals surface area contributed by atoms with Crippen LogP contribution in [-0.4, -0.2) is 16.7 Å². The van der Waals surface area contributed by atoms with Crippen LogP contribution in [0.2, 0.25) is 5.02 Å². The number of aliphatic hydroxyl groups excluding tert-OH is 1. The molecule has 0 fully saturated rings. The number of hydrogen-bond acceptors (Lipinski definition) is 4. The maximum absolute atomic E-state index is 9.25. The van der Waals surface area contributed by atoms with Gasteiger partial charge in [-0.05, 0) is 49.2 Å². The minimum Gasteiger partial charge on any atom is -0.467 e. The molecule has 0 aliphatic heterocycles. The predicted molar refractivity (Wildman–Crippen MR) is 88.3 cm³/mol. The molecule has 0 bridgehead atoms. The van der Waals surface area contributed by atoms with Crippen molar-refractivity contribution >= 4 is 28.3 Å². The van der Waals surface area contributed by atoms with Crippen molar-refractivity contribution in [1.82, 2.24) is 4.98 Å². The Kier molecular flexibility index (Phi) is 4.32.